The van der Waals surface area contributed by atoms with Crippen LogP contribution in [0.25, 0.3) is 0 Å². The van der Waals surface area contributed by atoms with Gasteiger partial charge in [0.2, 0.25) is 0 Å². The molecule has 2 aromatic rings. The average molecular weight is 372 g/mol. The van der Waals surface area contributed by atoms with Crippen molar-refractivity contribution in [3.05, 3.63) is 46.8 Å². The minimum atomic E-state index is -0.708. The molecule has 0 spiro atoms. The van der Waals surface area contributed by atoms with Crippen LogP contribution < -0.4 is 10.1 Å². The van der Waals surface area contributed by atoms with Gasteiger partial charge >= 0.3 is 5.97 Å². The number of hydrogen-bond donors (Lipinski definition) is 1. The van der Waals surface area contributed by atoms with E-state index in [0.717, 1.165) is 0 Å². The molecule has 8 heteroatoms. The van der Waals surface area contributed by atoms with Gasteiger partial charge in [-0.3, -0.25) is 9.59 Å². The van der Waals surface area contributed by atoms with Crippen molar-refractivity contribution in [1.82, 2.24) is 0 Å². The van der Waals surface area contributed by atoms with E-state index in [1.807, 2.05) is 6.07 Å². The lowest BCUT2D eigenvalue weighted by atomic mass is 10.1. The fourth-order valence-corrected chi connectivity index (χ4v) is 2.68. The molecule has 0 aliphatic rings. The second-order valence-electron chi connectivity index (χ2n) is 5.07. The number of carbonyl (C=O) groups is 3. The maximum absolute atomic E-state index is 11.7. The van der Waals surface area contributed by atoms with Gasteiger partial charge in [-0.15, -0.1) is 11.3 Å². The summed E-state index contributed by atoms with van der Waals surface area (Å²) in [6.07, 6.45) is 0.413. The predicted molar refractivity (Wildman–Crippen MR) is 95.2 cm³/mol. The number of thiophene rings is 1. The van der Waals surface area contributed by atoms with Crippen LogP contribution in [0.4, 0.5) is 5.00 Å². The van der Waals surface area contributed by atoms with E-state index in [1.165, 1.54) is 11.3 Å². The highest BCUT2D eigenvalue weighted by Gasteiger charge is 2.12. The second kappa shape index (κ2) is 9.34. The number of amides is 1. The highest BCUT2D eigenvalue weighted by atomic mass is 32.1. The van der Waals surface area contributed by atoms with Gasteiger partial charge in [-0.2, -0.15) is 5.26 Å². The molecule has 0 atom stereocenters. The number of nitriles is 1. The maximum Gasteiger partial charge on any atom is 0.344 e. The molecule has 1 amide bonds. The van der Waals surface area contributed by atoms with E-state index < -0.39 is 18.5 Å². The van der Waals surface area contributed by atoms with E-state index in [-0.39, 0.29) is 12.4 Å². The molecule has 1 heterocycles. The van der Waals surface area contributed by atoms with Crippen molar-refractivity contribution in [1.29, 1.82) is 5.26 Å². The summed E-state index contributed by atoms with van der Waals surface area (Å²) < 4.78 is 10.1. The van der Waals surface area contributed by atoms with Crippen LogP contribution in [0.1, 0.15) is 29.3 Å². The van der Waals surface area contributed by atoms with Crippen molar-refractivity contribution >= 4 is 34.0 Å². The van der Waals surface area contributed by atoms with Crippen LogP contribution in [-0.4, -0.2) is 30.9 Å². The minimum absolute atomic E-state index is 0.0206. The Labute approximate surface area is 154 Å². The van der Waals surface area contributed by atoms with Gasteiger partial charge in [-0.05, 0) is 35.7 Å². The van der Waals surface area contributed by atoms with Crippen LogP contribution in [0.2, 0.25) is 0 Å². The molecule has 7 nitrogen and oxygen atoms in total. The third kappa shape index (κ3) is 5.43. The van der Waals surface area contributed by atoms with Crippen LogP contribution >= 0.6 is 11.3 Å². The topological polar surface area (TPSA) is 105 Å². The number of carbonyl (C=O) groups excluding carboxylic acids is 3. The third-order valence-corrected chi connectivity index (χ3v) is 4.09. The number of rotatable bonds is 8. The van der Waals surface area contributed by atoms with Crippen LogP contribution in [-0.2, 0) is 14.3 Å². The molecular weight excluding hydrogens is 356 g/mol. The molecule has 0 saturated carbocycles. The molecule has 1 aromatic carbocycles. The summed E-state index contributed by atoms with van der Waals surface area (Å²) in [5.74, 6) is -0.816. The standard InChI is InChI=1S/C18H16N2O5S/c1-2-15(21)12-3-5-14(6-4-12)24-11-17(23)25-10-16(22)20-18-13(9-19)7-8-26-18/h3-8H,2,10-11H2,1H3,(H,20,22). The first-order chi connectivity index (χ1) is 12.5. The lowest BCUT2D eigenvalue weighted by Crippen LogP contribution is -2.23. The predicted octanol–water partition coefficient (Wildman–Crippen LogP) is 2.77. The van der Waals surface area contributed by atoms with Crippen molar-refractivity contribution in [2.75, 3.05) is 18.5 Å². The summed E-state index contributed by atoms with van der Waals surface area (Å²) >= 11 is 1.21. The lowest BCUT2D eigenvalue weighted by molar-refractivity contribution is -0.149. The zero-order chi connectivity index (χ0) is 18.9. The average Bonchev–Trinajstić information content (AvgIpc) is 3.11. The van der Waals surface area contributed by atoms with Crippen LogP contribution in [0.3, 0.4) is 0 Å². The number of ether oxygens (including phenoxy) is 2. The Bertz CT molecular complexity index is 836. The van der Waals surface area contributed by atoms with Gasteiger partial charge in [0.1, 0.15) is 16.8 Å². The molecule has 0 radical (unpaired) electrons. The molecule has 0 fully saturated rings. The Balaban J connectivity index is 1.74. The normalized spacial score (nSPS) is 9.85. The van der Waals surface area contributed by atoms with E-state index in [1.54, 1.807) is 42.6 Å². The van der Waals surface area contributed by atoms with Gasteiger partial charge in [-0.25, -0.2) is 4.79 Å². The summed E-state index contributed by atoms with van der Waals surface area (Å²) in [7, 11) is 0. The monoisotopic (exact) mass is 372 g/mol. The Morgan fingerprint density at radius 2 is 1.88 bits per heavy atom. The maximum atomic E-state index is 11.7. The zero-order valence-corrected chi connectivity index (χ0v) is 14.8. The van der Waals surface area contributed by atoms with Gasteiger partial charge in [0.05, 0.1) is 5.56 Å². The molecule has 134 valence electrons. The van der Waals surface area contributed by atoms with Crippen molar-refractivity contribution in [3.63, 3.8) is 0 Å². The highest BCUT2D eigenvalue weighted by Crippen LogP contribution is 2.21. The van der Waals surface area contributed by atoms with Crippen LogP contribution in [0.5, 0.6) is 5.75 Å². The van der Waals surface area contributed by atoms with E-state index in [0.29, 0.717) is 28.3 Å². The number of nitrogens with one attached hydrogen (secondary N) is 1. The molecular formula is C18H16N2O5S. The molecule has 1 N–H and O–H groups in total. The minimum Gasteiger partial charge on any atom is -0.482 e. The summed E-state index contributed by atoms with van der Waals surface area (Å²) in [6.45, 7) is 0.935. The van der Waals surface area contributed by atoms with Gasteiger partial charge < -0.3 is 14.8 Å². The van der Waals surface area contributed by atoms with Gasteiger partial charge in [0, 0.05) is 12.0 Å². The number of benzene rings is 1. The highest BCUT2D eigenvalue weighted by molar-refractivity contribution is 7.14. The van der Waals surface area contributed by atoms with Crippen molar-refractivity contribution in [2.45, 2.75) is 13.3 Å². The summed E-state index contributed by atoms with van der Waals surface area (Å²) in [6, 6.07) is 9.94. The quantitative estimate of drug-likeness (QED) is 0.564. The fourth-order valence-electron chi connectivity index (χ4n) is 1.93. The molecule has 0 bridgehead atoms. The summed E-state index contributed by atoms with van der Waals surface area (Å²) in [4.78, 5) is 34.9. The van der Waals surface area contributed by atoms with Crippen molar-refractivity contribution in [3.8, 4) is 11.8 Å². The Kier molecular flexibility index (Phi) is 6.88. The first kappa shape index (κ1) is 19.1. The number of Topliss-reactive ketones (excluding diaryl/α,β-unsaturated/α-hetero) is 1. The zero-order valence-electron chi connectivity index (χ0n) is 14.0. The summed E-state index contributed by atoms with van der Waals surface area (Å²) in [5.41, 5.74) is 0.924. The van der Waals surface area contributed by atoms with E-state index in [4.69, 9.17) is 14.7 Å². The third-order valence-electron chi connectivity index (χ3n) is 3.26. The first-order valence-corrected chi connectivity index (χ1v) is 8.60. The van der Waals surface area contributed by atoms with Crippen LogP contribution in [0, 0.1) is 11.3 Å². The molecule has 2 rings (SSSR count). The van der Waals surface area contributed by atoms with Crippen molar-refractivity contribution < 1.29 is 23.9 Å². The summed E-state index contributed by atoms with van der Waals surface area (Å²) in [5, 5.41) is 13.4. The number of esters is 1. The Hall–Kier alpha value is -3.18. The van der Waals surface area contributed by atoms with Crippen LogP contribution in [0.15, 0.2) is 35.7 Å². The van der Waals surface area contributed by atoms with E-state index >= 15 is 0 Å². The van der Waals surface area contributed by atoms with Gasteiger partial charge in [0.25, 0.3) is 5.91 Å². The molecule has 0 aliphatic heterocycles. The number of nitrogens with zero attached hydrogens (tertiary/aromatic N) is 1. The molecule has 0 aliphatic carbocycles. The SMILES string of the molecule is CCC(=O)c1ccc(OCC(=O)OCC(=O)Nc2sccc2C#N)cc1. The Morgan fingerprint density at radius 1 is 1.15 bits per heavy atom. The van der Waals surface area contributed by atoms with E-state index in [9.17, 15) is 14.4 Å². The van der Waals surface area contributed by atoms with Gasteiger partial charge in [-0.1, -0.05) is 6.92 Å². The fraction of sp³-hybridized carbons (Fsp3) is 0.222. The first-order valence-electron chi connectivity index (χ1n) is 7.72. The number of hydrogen-bond acceptors (Lipinski definition) is 7. The number of anilines is 1. The largest absolute Gasteiger partial charge is 0.482 e. The number of ketones is 1. The molecule has 26 heavy (non-hydrogen) atoms. The van der Waals surface area contributed by atoms with E-state index in [2.05, 4.69) is 5.32 Å². The van der Waals surface area contributed by atoms with Crippen molar-refractivity contribution in [2.24, 2.45) is 0 Å². The molecule has 0 unspecified atom stereocenters. The van der Waals surface area contributed by atoms with Gasteiger partial charge in [0.15, 0.2) is 19.0 Å². The molecule has 0 saturated heterocycles. The smallest absolute Gasteiger partial charge is 0.344 e. The Morgan fingerprint density at radius 3 is 2.54 bits per heavy atom. The second-order valence-corrected chi connectivity index (χ2v) is 5.99. The molecule has 1 aromatic heterocycles. The lowest BCUT2D eigenvalue weighted by Gasteiger charge is -2.08.